The van der Waals surface area contributed by atoms with Crippen molar-refractivity contribution in [2.75, 3.05) is 0 Å². The fourth-order valence-corrected chi connectivity index (χ4v) is 2.60. The van der Waals surface area contributed by atoms with Crippen molar-refractivity contribution < 1.29 is 9.72 Å². The molecule has 1 aromatic heterocycles. The van der Waals surface area contributed by atoms with Gasteiger partial charge in [-0.1, -0.05) is 22.0 Å². The van der Waals surface area contributed by atoms with Gasteiger partial charge in [0.25, 0.3) is 11.6 Å². The second kappa shape index (κ2) is 7.40. The van der Waals surface area contributed by atoms with Crippen molar-refractivity contribution >= 4 is 27.5 Å². The molecule has 0 spiro atoms. The number of benzene rings is 2. The second-order valence-electron chi connectivity index (χ2n) is 5.43. The van der Waals surface area contributed by atoms with E-state index in [2.05, 4.69) is 36.8 Å². The van der Waals surface area contributed by atoms with Crippen LogP contribution in [0.25, 0.3) is 5.69 Å². The van der Waals surface area contributed by atoms with Crippen LogP contribution >= 0.6 is 15.9 Å². The number of carbonyl (C=O) groups is 1. The minimum atomic E-state index is -0.547. The Labute approximate surface area is 156 Å². The van der Waals surface area contributed by atoms with Gasteiger partial charge in [-0.2, -0.15) is 4.68 Å². The van der Waals surface area contributed by atoms with Crippen molar-refractivity contribution in [2.24, 2.45) is 0 Å². The average Bonchev–Trinajstić information content (AvgIpc) is 3.12. The van der Waals surface area contributed by atoms with Gasteiger partial charge in [0.1, 0.15) is 0 Å². The number of halogens is 1. The molecule has 1 heterocycles. The lowest BCUT2D eigenvalue weighted by Gasteiger charge is -2.13. The summed E-state index contributed by atoms with van der Waals surface area (Å²) in [7, 11) is 0. The highest BCUT2D eigenvalue weighted by Crippen LogP contribution is 2.18. The first-order valence-electron chi connectivity index (χ1n) is 7.55. The Balaban J connectivity index is 1.81. The van der Waals surface area contributed by atoms with Gasteiger partial charge in [-0.15, -0.1) is 5.10 Å². The normalized spacial score (nSPS) is 11.8. The third-order valence-corrected chi connectivity index (χ3v) is 4.15. The number of nitro groups is 1. The van der Waals surface area contributed by atoms with E-state index in [0.29, 0.717) is 5.82 Å². The predicted octanol–water partition coefficient (Wildman–Crippen LogP) is 2.82. The first kappa shape index (κ1) is 17.7. The Morgan fingerprint density at radius 2 is 2.00 bits per heavy atom. The van der Waals surface area contributed by atoms with Crippen LogP contribution in [0.5, 0.6) is 0 Å². The Morgan fingerprint density at radius 1 is 1.27 bits per heavy atom. The Hall–Kier alpha value is -3.14. The molecule has 0 aliphatic heterocycles. The highest BCUT2D eigenvalue weighted by Gasteiger charge is 2.19. The lowest BCUT2D eigenvalue weighted by atomic mass is 10.1. The molecule has 0 bridgehead atoms. The molecule has 1 unspecified atom stereocenters. The van der Waals surface area contributed by atoms with E-state index in [0.717, 1.165) is 10.2 Å². The summed E-state index contributed by atoms with van der Waals surface area (Å²) in [5.41, 5.74) is 0.781. The standard InChI is InChI=1S/C16H13BrN6O3/c1-10(18-16(24)11-3-2-4-14(9-11)23(25)26)15-19-20-21-22(15)13-7-5-12(17)6-8-13/h2-10H,1H3,(H,18,24). The maximum Gasteiger partial charge on any atom is 0.270 e. The number of rotatable bonds is 5. The van der Waals surface area contributed by atoms with E-state index in [4.69, 9.17) is 0 Å². The first-order chi connectivity index (χ1) is 12.5. The predicted molar refractivity (Wildman–Crippen MR) is 95.8 cm³/mol. The number of aromatic nitrogens is 4. The highest BCUT2D eigenvalue weighted by molar-refractivity contribution is 9.10. The van der Waals surface area contributed by atoms with Crippen LogP contribution in [0, 0.1) is 10.1 Å². The van der Waals surface area contributed by atoms with Crippen molar-refractivity contribution in [3.8, 4) is 5.69 Å². The number of tetrazole rings is 1. The molecule has 9 nitrogen and oxygen atoms in total. The van der Waals surface area contributed by atoms with Gasteiger partial charge in [0.2, 0.25) is 0 Å². The zero-order chi connectivity index (χ0) is 18.7. The number of amides is 1. The molecular formula is C16H13BrN6O3. The van der Waals surface area contributed by atoms with Crippen molar-refractivity contribution in [3.63, 3.8) is 0 Å². The molecular weight excluding hydrogens is 404 g/mol. The van der Waals surface area contributed by atoms with Crippen LogP contribution < -0.4 is 5.32 Å². The number of nitro benzene ring substituents is 1. The Kier molecular flexibility index (Phi) is 5.03. The van der Waals surface area contributed by atoms with E-state index in [1.54, 1.807) is 6.92 Å². The quantitative estimate of drug-likeness (QED) is 0.504. The van der Waals surface area contributed by atoms with Gasteiger partial charge < -0.3 is 5.32 Å². The summed E-state index contributed by atoms with van der Waals surface area (Å²) in [6.07, 6.45) is 0. The summed E-state index contributed by atoms with van der Waals surface area (Å²) in [5.74, 6) is -0.0161. The van der Waals surface area contributed by atoms with Crippen LogP contribution in [0.3, 0.4) is 0 Å². The number of non-ortho nitro benzene ring substituents is 1. The van der Waals surface area contributed by atoms with E-state index in [-0.39, 0.29) is 11.3 Å². The second-order valence-corrected chi connectivity index (χ2v) is 6.34. The zero-order valence-corrected chi connectivity index (χ0v) is 15.1. The molecule has 1 atom stereocenters. The van der Waals surface area contributed by atoms with Gasteiger partial charge in [-0.05, 0) is 47.7 Å². The molecule has 3 rings (SSSR count). The lowest BCUT2D eigenvalue weighted by molar-refractivity contribution is -0.384. The van der Waals surface area contributed by atoms with Gasteiger partial charge in [0.15, 0.2) is 5.82 Å². The topological polar surface area (TPSA) is 116 Å². The largest absolute Gasteiger partial charge is 0.342 e. The van der Waals surface area contributed by atoms with Crippen molar-refractivity contribution in [2.45, 2.75) is 13.0 Å². The number of carbonyl (C=O) groups excluding carboxylic acids is 1. The van der Waals surface area contributed by atoms with Gasteiger partial charge in [0, 0.05) is 22.2 Å². The highest BCUT2D eigenvalue weighted by atomic mass is 79.9. The SMILES string of the molecule is CC(NC(=O)c1cccc([N+](=O)[O-])c1)c1nnnn1-c1ccc(Br)cc1. The van der Waals surface area contributed by atoms with Gasteiger partial charge >= 0.3 is 0 Å². The van der Waals surface area contributed by atoms with Crippen LogP contribution in [0.15, 0.2) is 53.0 Å². The molecule has 10 heteroatoms. The number of nitrogens with one attached hydrogen (secondary N) is 1. The zero-order valence-electron chi connectivity index (χ0n) is 13.5. The van der Waals surface area contributed by atoms with E-state index in [9.17, 15) is 14.9 Å². The summed E-state index contributed by atoms with van der Waals surface area (Å²) in [6, 6.07) is 12.4. The molecule has 1 amide bonds. The van der Waals surface area contributed by atoms with E-state index in [1.165, 1.54) is 28.9 Å². The number of nitrogens with zero attached hydrogens (tertiary/aromatic N) is 5. The van der Waals surface area contributed by atoms with Gasteiger partial charge in [-0.3, -0.25) is 14.9 Å². The maximum absolute atomic E-state index is 12.4. The number of hydrogen-bond donors (Lipinski definition) is 1. The van der Waals surface area contributed by atoms with E-state index < -0.39 is 16.9 Å². The maximum atomic E-state index is 12.4. The summed E-state index contributed by atoms with van der Waals surface area (Å²) < 4.78 is 2.44. The van der Waals surface area contributed by atoms with Crippen LogP contribution in [0.4, 0.5) is 5.69 Å². The van der Waals surface area contributed by atoms with E-state index >= 15 is 0 Å². The molecule has 0 aliphatic rings. The lowest BCUT2D eigenvalue weighted by Crippen LogP contribution is -2.28. The molecule has 1 N–H and O–H groups in total. The fraction of sp³-hybridized carbons (Fsp3) is 0.125. The summed E-state index contributed by atoms with van der Waals surface area (Å²) in [4.78, 5) is 22.7. The fourth-order valence-electron chi connectivity index (χ4n) is 2.34. The van der Waals surface area contributed by atoms with Crippen molar-refractivity contribution in [3.05, 3.63) is 74.5 Å². The van der Waals surface area contributed by atoms with Crippen molar-refractivity contribution in [1.29, 1.82) is 0 Å². The molecule has 26 heavy (non-hydrogen) atoms. The third-order valence-electron chi connectivity index (χ3n) is 3.62. The minimum Gasteiger partial charge on any atom is -0.342 e. The summed E-state index contributed by atoms with van der Waals surface area (Å²) in [6.45, 7) is 1.73. The molecule has 132 valence electrons. The molecule has 2 aromatic carbocycles. The van der Waals surface area contributed by atoms with Crippen LogP contribution in [0.2, 0.25) is 0 Å². The first-order valence-corrected chi connectivity index (χ1v) is 8.34. The van der Waals surface area contributed by atoms with Crippen molar-refractivity contribution in [1.82, 2.24) is 25.5 Å². The van der Waals surface area contributed by atoms with E-state index in [1.807, 2.05) is 24.3 Å². The van der Waals surface area contributed by atoms with Gasteiger partial charge in [-0.25, -0.2) is 0 Å². The van der Waals surface area contributed by atoms with Crippen LogP contribution in [-0.4, -0.2) is 31.0 Å². The average molecular weight is 417 g/mol. The molecule has 0 radical (unpaired) electrons. The molecule has 0 aliphatic carbocycles. The smallest absolute Gasteiger partial charge is 0.270 e. The summed E-state index contributed by atoms with van der Waals surface area (Å²) >= 11 is 3.36. The van der Waals surface area contributed by atoms with Gasteiger partial charge in [0.05, 0.1) is 16.7 Å². The monoisotopic (exact) mass is 416 g/mol. The molecule has 3 aromatic rings. The third kappa shape index (κ3) is 3.75. The van der Waals surface area contributed by atoms with Crippen LogP contribution in [-0.2, 0) is 0 Å². The van der Waals surface area contributed by atoms with Crippen LogP contribution in [0.1, 0.15) is 29.1 Å². The summed E-state index contributed by atoms with van der Waals surface area (Å²) in [5, 5.41) is 25.2. The Morgan fingerprint density at radius 3 is 2.69 bits per heavy atom. The Bertz CT molecular complexity index is 957. The number of hydrogen-bond acceptors (Lipinski definition) is 6. The molecule has 0 saturated carbocycles. The molecule has 0 saturated heterocycles. The minimum absolute atomic E-state index is 0.148. The molecule has 0 fully saturated rings.